The molecule has 16 atom stereocenters. The van der Waals surface area contributed by atoms with E-state index in [4.69, 9.17) is 71.1 Å². The zero-order valence-electron chi connectivity index (χ0n) is 61.7. The van der Waals surface area contributed by atoms with E-state index >= 15 is 0 Å². The first-order chi connectivity index (χ1) is 50.9. The summed E-state index contributed by atoms with van der Waals surface area (Å²) in [5.74, 6) is -2.79. The van der Waals surface area contributed by atoms with E-state index in [0.29, 0.717) is 32.3 Å². The molecule has 0 aromatic heterocycles. The molecule has 15 unspecified atom stereocenters. The average molecular weight is 1530 g/mol. The number of hydrogen-bond acceptors (Lipinski definition) is 32. The van der Waals surface area contributed by atoms with Gasteiger partial charge in [0.25, 0.3) is 0 Å². The highest BCUT2D eigenvalue weighted by molar-refractivity contribution is 5.77. The van der Waals surface area contributed by atoms with Gasteiger partial charge in [0.1, 0.15) is 73.1 Å². The Morgan fingerprint density at radius 1 is 0.443 bits per heavy atom. The van der Waals surface area contributed by atoms with Crippen LogP contribution in [0.3, 0.4) is 0 Å². The number of nitrogens with one attached hydrogen (secondary N) is 6. The third-order valence-electron chi connectivity index (χ3n) is 17.9. The van der Waals surface area contributed by atoms with Crippen LogP contribution in [0.15, 0.2) is 0 Å². The summed E-state index contributed by atoms with van der Waals surface area (Å²) in [6, 6.07) is -3.10. The number of nitrogens with zero attached hydrogens (tertiary/aromatic N) is 2. The smallest absolute Gasteiger partial charge is 0.224 e. The van der Waals surface area contributed by atoms with Gasteiger partial charge in [-0.2, -0.15) is 0 Å². The quantitative estimate of drug-likeness (QED) is 0.0252. The molecular formula is C67H120N8O31. The molecule has 5 aliphatic rings. The van der Waals surface area contributed by atoms with Gasteiger partial charge in [0.15, 0.2) is 18.9 Å². The summed E-state index contributed by atoms with van der Waals surface area (Å²) in [5, 5.41) is 107. The van der Waals surface area contributed by atoms with Gasteiger partial charge >= 0.3 is 0 Å². The summed E-state index contributed by atoms with van der Waals surface area (Å²) in [6.07, 6.45) is -13.7. The van der Waals surface area contributed by atoms with E-state index in [1.54, 1.807) is 0 Å². The first kappa shape index (κ1) is 91.9. The maximum absolute atomic E-state index is 13.7. The number of amides is 7. The molecule has 39 heteroatoms. The predicted octanol–water partition coefficient (Wildman–Crippen LogP) is -7.61. The normalized spacial score (nSPS) is 28.1. The van der Waals surface area contributed by atoms with Gasteiger partial charge in [-0.1, -0.05) is 0 Å². The molecule has 5 fully saturated rings. The molecule has 5 heterocycles. The lowest BCUT2D eigenvalue weighted by atomic mass is 9.92. The topological polar surface area (TPSA) is 519 Å². The second kappa shape index (κ2) is 51.0. The van der Waals surface area contributed by atoms with Gasteiger partial charge in [0.2, 0.25) is 41.4 Å². The maximum atomic E-state index is 13.7. The molecule has 0 aromatic carbocycles. The molecule has 0 aromatic rings. The predicted molar refractivity (Wildman–Crippen MR) is 366 cm³/mol. The summed E-state index contributed by atoms with van der Waals surface area (Å²) >= 11 is 0. The van der Waals surface area contributed by atoms with Crippen LogP contribution in [0, 0.1) is 5.41 Å². The van der Waals surface area contributed by atoms with Gasteiger partial charge in [0.05, 0.1) is 169 Å². The summed E-state index contributed by atoms with van der Waals surface area (Å²) in [5.41, 5.74) is -1.16. The van der Waals surface area contributed by atoms with Crippen LogP contribution in [0.1, 0.15) is 79.6 Å². The number of aliphatic hydroxyl groups is 9. The van der Waals surface area contributed by atoms with Crippen molar-refractivity contribution in [1.82, 2.24) is 41.7 Å². The van der Waals surface area contributed by atoms with Gasteiger partial charge in [-0.15, -0.1) is 0 Å². The fourth-order valence-electron chi connectivity index (χ4n) is 12.2. The lowest BCUT2D eigenvalue weighted by Crippen LogP contribution is -2.64. The van der Waals surface area contributed by atoms with Crippen LogP contribution in [0.5, 0.6) is 0 Å². The molecule has 0 saturated carbocycles. The number of ether oxygens (including phenoxy) is 15. The maximum Gasteiger partial charge on any atom is 0.224 e. The molecule has 106 heavy (non-hydrogen) atoms. The van der Waals surface area contributed by atoms with E-state index in [1.165, 1.54) is 20.8 Å². The van der Waals surface area contributed by atoms with E-state index in [1.807, 2.05) is 18.7 Å². The number of carbonyl (C=O) groups excluding carboxylic acids is 7. The first-order valence-corrected chi connectivity index (χ1v) is 36.5. The van der Waals surface area contributed by atoms with Crippen LogP contribution >= 0.6 is 0 Å². The molecule has 0 radical (unpaired) electrons. The van der Waals surface area contributed by atoms with Crippen molar-refractivity contribution in [3.05, 3.63) is 0 Å². The summed E-state index contributed by atoms with van der Waals surface area (Å²) in [4.78, 5) is 92.7. The second-order valence-corrected chi connectivity index (χ2v) is 26.8. The summed E-state index contributed by atoms with van der Waals surface area (Å²) in [7, 11) is 0. The molecule has 0 spiro atoms. The molecule has 5 saturated heterocycles. The summed E-state index contributed by atoms with van der Waals surface area (Å²) < 4.78 is 87.2. The average Bonchev–Trinajstić information content (AvgIpc) is 1.03. The van der Waals surface area contributed by atoms with E-state index < -0.39 is 135 Å². The Hall–Kier alpha value is -4.71. The van der Waals surface area contributed by atoms with E-state index in [9.17, 15) is 79.5 Å². The zero-order chi connectivity index (χ0) is 77.4. The van der Waals surface area contributed by atoms with Crippen molar-refractivity contribution >= 4 is 41.4 Å². The van der Waals surface area contributed by atoms with Crippen molar-refractivity contribution in [3.63, 3.8) is 0 Å². The van der Waals surface area contributed by atoms with E-state index in [0.717, 1.165) is 32.4 Å². The van der Waals surface area contributed by atoms with Gasteiger partial charge in [0, 0.05) is 91.9 Å². The van der Waals surface area contributed by atoms with Crippen LogP contribution < -0.4 is 31.9 Å². The van der Waals surface area contributed by atoms with Gasteiger partial charge in [-0.05, 0) is 33.1 Å². The van der Waals surface area contributed by atoms with Crippen molar-refractivity contribution in [2.45, 2.75) is 190 Å². The van der Waals surface area contributed by atoms with E-state index in [-0.39, 0.29) is 193 Å². The van der Waals surface area contributed by atoms with Gasteiger partial charge in [-0.25, -0.2) is 0 Å². The SMILES string of the molecule is CC(=O)NC1C(OCCOCCNC(=O)CCOCC(COCCC(=O)NCCOCCOC2OC(CO)C(O)C(O)C2NC(C)=O)(COCCC(=O)NCCOCCOC2OC(CO)C(O)C(O)C2NC(C)=O)COCCC(=O)N2CCC(N3CCO[C@H](COC(C)C)CC3)CC2)OC(CO)C(O)C1O. The van der Waals surface area contributed by atoms with Crippen LogP contribution in [-0.2, 0) is 105 Å². The Kier molecular flexibility index (Phi) is 44.2. The lowest BCUT2D eigenvalue weighted by molar-refractivity contribution is -0.272. The van der Waals surface area contributed by atoms with Crippen molar-refractivity contribution in [3.8, 4) is 0 Å². The van der Waals surface area contributed by atoms with Crippen LogP contribution in [-0.4, -0.2) is 398 Å². The second-order valence-electron chi connectivity index (χ2n) is 26.8. The molecule has 15 N–H and O–H groups in total. The zero-order valence-corrected chi connectivity index (χ0v) is 61.7. The Morgan fingerprint density at radius 3 is 1.14 bits per heavy atom. The summed E-state index contributed by atoms with van der Waals surface area (Å²) in [6.45, 7) is 9.21. The number of likely N-dealkylation sites (tertiary alicyclic amines) is 1. The number of hydrogen-bond donors (Lipinski definition) is 15. The standard InChI is InChI=1S/C67H120N8O31/c1-42(2)103-37-47-8-18-74(19-27-99-47)46-6-16-75(17-7-46)54(85)12-23-98-41-67(38-95-20-9-51(82)68-13-24-92-28-31-100-64-55(71-43(3)79)61(89)58(86)48(34-76)104-64,39-96-21-10-52(83)69-14-25-93-29-32-101-65-56(72-44(4)80)62(90)59(87)49(35-77)105-65)40-97-22-11-53(84)70-15-26-94-30-33-102-66-57(73-45(5)81)63(91)60(88)50(36-78)106-66/h42,46-50,55-66,76-78,86-91H,6-41H2,1-5H3,(H,68,82)(H,69,83)(H,70,84)(H,71,79)(H,72,80)(H,73,81)/t47-,48?,49?,50?,55?,56?,57?,58?,59?,60?,61?,62?,63?,64?,65?,66?,67?/m0/s1. The third kappa shape index (κ3) is 33.5. The number of carbonyl (C=O) groups is 7. The molecule has 5 aliphatic heterocycles. The Morgan fingerprint density at radius 2 is 0.802 bits per heavy atom. The number of aliphatic hydroxyl groups excluding tert-OH is 9. The molecule has 5 rings (SSSR count). The minimum absolute atomic E-state index is 0.00376. The number of rotatable bonds is 51. The molecule has 0 bridgehead atoms. The monoisotopic (exact) mass is 1530 g/mol. The fourth-order valence-corrected chi connectivity index (χ4v) is 12.2. The third-order valence-corrected chi connectivity index (χ3v) is 17.9. The Balaban J connectivity index is 1.15. The fraction of sp³-hybridized carbons (Fsp3) is 0.896. The molecule has 39 nitrogen and oxygen atoms in total. The largest absolute Gasteiger partial charge is 0.394 e. The highest BCUT2D eigenvalue weighted by atomic mass is 16.7. The minimum atomic E-state index is -1.49. The van der Waals surface area contributed by atoms with Crippen LogP contribution in [0.25, 0.3) is 0 Å². The minimum Gasteiger partial charge on any atom is -0.394 e. The van der Waals surface area contributed by atoms with Crippen LogP contribution in [0.2, 0.25) is 0 Å². The Bertz CT molecular complexity index is 2320. The molecule has 614 valence electrons. The Labute approximate surface area is 618 Å². The molecule has 0 aliphatic carbocycles. The van der Waals surface area contributed by atoms with Crippen molar-refractivity contribution in [2.75, 3.05) is 191 Å². The first-order valence-electron chi connectivity index (χ1n) is 36.5. The highest BCUT2D eigenvalue weighted by Crippen LogP contribution is 2.27. The van der Waals surface area contributed by atoms with Crippen molar-refractivity contribution in [2.24, 2.45) is 5.41 Å². The number of piperidine rings is 1. The van der Waals surface area contributed by atoms with Crippen molar-refractivity contribution < 1.29 is 151 Å². The van der Waals surface area contributed by atoms with Crippen LogP contribution in [0.4, 0.5) is 0 Å². The molecular weight excluding hydrogens is 1410 g/mol. The van der Waals surface area contributed by atoms with Gasteiger partial charge in [-0.3, -0.25) is 38.5 Å². The van der Waals surface area contributed by atoms with E-state index in [2.05, 4.69) is 36.8 Å². The van der Waals surface area contributed by atoms with Crippen molar-refractivity contribution in [1.29, 1.82) is 0 Å². The highest BCUT2D eigenvalue weighted by Gasteiger charge is 2.48. The van der Waals surface area contributed by atoms with Gasteiger partial charge < -0.3 is 154 Å². The lowest BCUT2D eigenvalue weighted by Gasteiger charge is -2.42. The molecule has 7 amide bonds.